The van der Waals surface area contributed by atoms with Crippen LogP contribution in [0.15, 0.2) is 24.3 Å². The molecule has 1 atom stereocenters. The summed E-state index contributed by atoms with van der Waals surface area (Å²) in [6.45, 7) is 6.90. The fourth-order valence-corrected chi connectivity index (χ4v) is 2.86. The maximum absolute atomic E-state index is 5.96. The minimum Gasteiger partial charge on any atom is -0.296 e. The summed E-state index contributed by atoms with van der Waals surface area (Å²) in [4.78, 5) is 2.60. The molecule has 0 aromatic heterocycles. The second kappa shape index (κ2) is 5.88. The monoisotopic (exact) mass is 250 g/mol. The molecule has 17 heavy (non-hydrogen) atoms. The van der Waals surface area contributed by atoms with E-state index in [2.05, 4.69) is 30.9 Å². The predicted molar refractivity (Wildman–Crippen MR) is 74.2 cm³/mol. The standard InChI is InChI=1S/C15H21ClN/c1-12(2)15(17-10-4-3-5-11-17)13-6-8-14(16)9-7-13/h6-9,15H,3-5,10-11H2,1-2H3. The highest BCUT2D eigenvalue weighted by Gasteiger charge is 2.25. The molecule has 0 spiro atoms. The minimum atomic E-state index is 0.465. The summed E-state index contributed by atoms with van der Waals surface area (Å²) in [6, 6.07) is 8.78. The lowest BCUT2D eigenvalue weighted by Gasteiger charge is -2.37. The van der Waals surface area contributed by atoms with Crippen LogP contribution in [0.4, 0.5) is 0 Å². The maximum atomic E-state index is 5.96. The van der Waals surface area contributed by atoms with Crippen molar-refractivity contribution in [3.63, 3.8) is 0 Å². The van der Waals surface area contributed by atoms with Crippen LogP contribution in [0, 0.1) is 5.92 Å². The molecule has 1 nitrogen and oxygen atoms in total. The van der Waals surface area contributed by atoms with Crippen molar-refractivity contribution >= 4 is 11.6 Å². The van der Waals surface area contributed by atoms with Crippen LogP contribution in [0.3, 0.4) is 0 Å². The van der Waals surface area contributed by atoms with Gasteiger partial charge in [-0.3, -0.25) is 4.90 Å². The Kier molecular flexibility index (Phi) is 4.47. The first-order valence-corrected chi connectivity index (χ1v) is 6.86. The molecule has 1 unspecified atom stereocenters. The first-order chi connectivity index (χ1) is 8.18. The highest BCUT2D eigenvalue weighted by Crippen LogP contribution is 2.32. The lowest BCUT2D eigenvalue weighted by Crippen LogP contribution is -2.35. The van der Waals surface area contributed by atoms with E-state index in [1.807, 2.05) is 12.1 Å². The molecule has 2 rings (SSSR count). The van der Waals surface area contributed by atoms with Crippen molar-refractivity contribution in [2.24, 2.45) is 0 Å². The topological polar surface area (TPSA) is 3.24 Å². The Morgan fingerprint density at radius 1 is 1.06 bits per heavy atom. The van der Waals surface area contributed by atoms with Gasteiger partial charge in [-0.25, -0.2) is 0 Å². The normalized spacial score (nSPS) is 19.5. The van der Waals surface area contributed by atoms with E-state index in [0.29, 0.717) is 6.04 Å². The molecule has 0 aliphatic carbocycles. The molecule has 2 heteroatoms. The van der Waals surface area contributed by atoms with E-state index in [4.69, 9.17) is 11.6 Å². The van der Waals surface area contributed by atoms with Crippen LogP contribution in [0.25, 0.3) is 0 Å². The van der Waals surface area contributed by atoms with Crippen LogP contribution >= 0.6 is 11.6 Å². The van der Waals surface area contributed by atoms with Gasteiger partial charge in [-0.05, 0) is 49.5 Å². The van der Waals surface area contributed by atoms with E-state index >= 15 is 0 Å². The molecule has 1 aromatic rings. The largest absolute Gasteiger partial charge is 0.296 e. The molecule has 1 fully saturated rings. The summed E-state index contributed by atoms with van der Waals surface area (Å²) in [5.41, 5.74) is 1.37. The van der Waals surface area contributed by atoms with E-state index in [0.717, 1.165) is 5.02 Å². The second-order valence-electron chi connectivity index (χ2n) is 5.13. The third-order valence-corrected chi connectivity index (χ3v) is 3.74. The number of likely N-dealkylation sites (tertiary alicyclic amines) is 1. The Bertz CT molecular complexity index is 338. The lowest BCUT2D eigenvalue weighted by atomic mass is 9.92. The summed E-state index contributed by atoms with van der Waals surface area (Å²) in [7, 11) is 0. The first-order valence-electron chi connectivity index (χ1n) is 6.48. The van der Waals surface area contributed by atoms with Gasteiger partial charge in [0, 0.05) is 11.1 Å². The highest BCUT2D eigenvalue weighted by molar-refractivity contribution is 6.30. The van der Waals surface area contributed by atoms with Gasteiger partial charge in [0.1, 0.15) is 0 Å². The summed E-state index contributed by atoms with van der Waals surface area (Å²) in [5, 5.41) is 0.819. The zero-order chi connectivity index (χ0) is 12.3. The zero-order valence-electron chi connectivity index (χ0n) is 10.7. The first kappa shape index (κ1) is 12.9. The maximum Gasteiger partial charge on any atom is 0.0406 e. The quantitative estimate of drug-likeness (QED) is 0.765. The fraction of sp³-hybridized carbons (Fsp3) is 0.533. The molecule has 93 valence electrons. The van der Waals surface area contributed by atoms with Crippen molar-refractivity contribution in [3.8, 4) is 0 Å². The number of hydrogen-bond donors (Lipinski definition) is 0. The third kappa shape index (κ3) is 3.23. The van der Waals surface area contributed by atoms with Crippen LogP contribution < -0.4 is 0 Å². The molecule has 1 aliphatic heterocycles. The Hall–Kier alpha value is -0.530. The number of rotatable bonds is 3. The van der Waals surface area contributed by atoms with Gasteiger partial charge in [0.15, 0.2) is 0 Å². The van der Waals surface area contributed by atoms with Gasteiger partial charge in [-0.15, -0.1) is 0 Å². The molecule has 0 saturated carbocycles. The van der Waals surface area contributed by atoms with Crippen LogP contribution in [0.1, 0.15) is 44.7 Å². The predicted octanol–water partition coefficient (Wildman–Crippen LogP) is 4.48. The number of benzene rings is 1. The van der Waals surface area contributed by atoms with Gasteiger partial charge < -0.3 is 0 Å². The van der Waals surface area contributed by atoms with E-state index in [1.54, 1.807) is 0 Å². The Labute approximate surface area is 110 Å². The van der Waals surface area contributed by atoms with Gasteiger partial charge >= 0.3 is 0 Å². The average molecular weight is 251 g/mol. The van der Waals surface area contributed by atoms with E-state index in [9.17, 15) is 0 Å². The van der Waals surface area contributed by atoms with Crippen molar-refractivity contribution in [3.05, 3.63) is 40.8 Å². The molecule has 0 bridgehead atoms. The summed E-state index contributed by atoms with van der Waals surface area (Å²) >= 11 is 5.96. The molecule has 1 radical (unpaired) electrons. The third-order valence-electron chi connectivity index (χ3n) is 3.49. The highest BCUT2D eigenvalue weighted by atomic mass is 35.5. The van der Waals surface area contributed by atoms with Gasteiger partial charge in [-0.2, -0.15) is 0 Å². The summed E-state index contributed by atoms with van der Waals surface area (Å²) in [5.74, 6) is 1.47. The average Bonchev–Trinajstić information content (AvgIpc) is 2.33. The smallest absolute Gasteiger partial charge is 0.0406 e. The van der Waals surface area contributed by atoms with Crippen LogP contribution in [0.5, 0.6) is 0 Å². The molecule has 1 heterocycles. The number of hydrogen-bond acceptors (Lipinski definition) is 1. The van der Waals surface area contributed by atoms with Gasteiger partial charge in [0.05, 0.1) is 0 Å². The SMILES string of the molecule is C[C](C)C(c1ccc(Cl)cc1)N1CCCCC1. The Balaban J connectivity index is 2.18. The number of halogens is 1. The summed E-state index contributed by atoms with van der Waals surface area (Å²) < 4.78 is 0. The van der Waals surface area contributed by atoms with E-state index in [-0.39, 0.29) is 0 Å². The van der Waals surface area contributed by atoms with Gasteiger partial charge in [0.2, 0.25) is 0 Å². The summed E-state index contributed by atoms with van der Waals surface area (Å²) in [6.07, 6.45) is 4.04. The van der Waals surface area contributed by atoms with Crippen molar-refractivity contribution in [1.82, 2.24) is 4.90 Å². The van der Waals surface area contributed by atoms with Gasteiger partial charge in [0.25, 0.3) is 0 Å². The van der Waals surface area contributed by atoms with E-state index in [1.165, 1.54) is 43.8 Å². The van der Waals surface area contributed by atoms with E-state index < -0.39 is 0 Å². The fourth-order valence-electron chi connectivity index (χ4n) is 2.73. The van der Waals surface area contributed by atoms with Crippen LogP contribution in [-0.2, 0) is 0 Å². The Morgan fingerprint density at radius 2 is 1.65 bits per heavy atom. The molecule has 1 aromatic carbocycles. The molecule has 1 saturated heterocycles. The van der Waals surface area contributed by atoms with Crippen molar-refractivity contribution in [2.75, 3.05) is 13.1 Å². The molecule has 0 N–H and O–H groups in total. The van der Waals surface area contributed by atoms with Crippen molar-refractivity contribution in [1.29, 1.82) is 0 Å². The van der Waals surface area contributed by atoms with Crippen LogP contribution in [-0.4, -0.2) is 18.0 Å². The second-order valence-corrected chi connectivity index (χ2v) is 5.56. The van der Waals surface area contributed by atoms with Crippen molar-refractivity contribution in [2.45, 2.75) is 39.2 Å². The van der Waals surface area contributed by atoms with Crippen molar-refractivity contribution < 1.29 is 0 Å². The van der Waals surface area contributed by atoms with Gasteiger partial charge in [-0.1, -0.05) is 44.0 Å². The molecule has 0 amide bonds. The molecular weight excluding hydrogens is 230 g/mol. The number of piperidine rings is 1. The lowest BCUT2D eigenvalue weighted by molar-refractivity contribution is 0.171. The minimum absolute atomic E-state index is 0.465. The molecular formula is C15H21ClN. The van der Waals surface area contributed by atoms with Crippen LogP contribution in [0.2, 0.25) is 5.02 Å². The molecule has 1 aliphatic rings. The Morgan fingerprint density at radius 3 is 2.18 bits per heavy atom. The zero-order valence-corrected chi connectivity index (χ0v) is 11.5. The number of nitrogens with zero attached hydrogens (tertiary/aromatic N) is 1.